The molecule has 1 aliphatic heterocycles. The quantitative estimate of drug-likeness (QED) is 0.770. The summed E-state index contributed by atoms with van der Waals surface area (Å²) in [5, 5.41) is 3.51. The van der Waals surface area contributed by atoms with Gasteiger partial charge < -0.3 is 19.7 Å². The standard InChI is InChI=1S/C21H30N4O2/c1-24(12-13-26-2)21-9-8-17(14-23-21)16-25-11-10-22-15-19(25)18-6-4-5-7-20(18)27-3/h4-9,14,19,22H,10-13,15-16H2,1-3H3. The second kappa shape index (κ2) is 9.69. The summed E-state index contributed by atoms with van der Waals surface area (Å²) < 4.78 is 10.7. The third kappa shape index (κ3) is 4.97. The van der Waals surface area contributed by atoms with E-state index in [0.717, 1.165) is 44.3 Å². The highest BCUT2D eigenvalue weighted by atomic mass is 16.5. The minimum atomic E-state index is 0.291. The second-order valence-electron chi connectivity index (χ2n) is 6.87. The number of pyridine rings is 1. The Morgan fingerprint density at radius 2 is 2.07 bits per heavy atom. The maximum absolute atomic E-state index is 5.59. The number of piperazine rings is 1. The fourth-order valence-corrected chi connectivity index (χ4v) is 3.50. The van der Waals surface area contributed by atoms with Gasteiger partial charge in [-0.3, -0.25) is 4.90 Å². The molecule has 1 aliphatic rings. The highest BCUT2D eigenvalue weighted by molar-refractivity contribution is 5.39. The molecule has 2 heterocycles. The predicted molar refractivity (Wildman–Crippen MR) is 108 cm³/mol. The Balaban J connectivity index is 1.71. The van der Waals surface area contributed by atoms with Crippen LogP contribution in [0, 0.1) is 0 Å². The van der Waals surface area contributed by atoms with Crippen LogP contribution in [0.3, 0.4) is 0 Å². The van der Waals surface area contributed by atoms with Crippen molar-refractivity contribution in [3.63, 3.8) is 0 Å². The number of benzene rings is 1. The maximum atomic E-state index is 5.59. The van der Waals surface area contributed by atoms with Crippen LogP contribution < -0.4 is 15.0 Å². The summed E-state index contributed by atoms with van der Waals surface area (Å²) in [6.45, 7) is 5.32. The number of ether oxygens (including phenoxy) is 2. The zero-order valence-corrected chi connectivity index (χ0v) is 16.5. The zero-order valence-electron chi connectivity index (χ0n) is 16.5. The summed E-state index contributed by atoms with van der Waals surface area (Å²) in [7, 11) is 5.49. The van der Waals surface area contributed by atoms with Crippen molar-refractivity contribution in [1.82, 2.24) is 15.2 Å². The first-order valence-corrected chi connectivity index (χ1v) is 9.45. The molecule has 1 atom stereocenters. The smallest absolute Gasteiger partial charge is 0.128 e. The number of rotatable bonds is 8. The highest BCUT2D eigenvalue weighted by Gasteiger charge is 2.26. The van der Waals surface area contributed by atoms with Crippen LogP contribution in [0.1, 0.15) is 17.2 Å². The van der Waals surface area contributed by atoms with Gasteiger partial charge in [0.05, 0.1) is 19.8 Å². The number of para-hydroxylation sites is 1. The molecule has 27 heavy (non-hydrogen) atoms. The van der Waals surface area contributed by atoms with E-state index in [4.69, 9.17) is 9.47 Å². The van der Waals surface area contributed by atoms with Gasteiger partial charge in [0.25, 0.3) is 0 Å². The number of anilines is 1. The molecule has 1 unspecified atom stereocenters. The number of nitrogens with one attached hydrogen (secondary N) is 1. The summed E-state index contributed by atoms with van der Waals surface area (Å²) in [6, 6.07) is 12.9. The van der Waals surface area contributed by atoms with Gasteiger partial charge in [-0.15, -0.1) is 0 Å². The summed E-state index contributed by atoms with van der Waals surface area (Å²) >= 11 is 0. The molecular weight excluding hydrogens is 340 g/mol. The van der Waals surface area contributed by atoms with E-state index in [9.17, 15) is 0 Å². The van der Waals surface area contributed by atoms with Crippen LogP contribution in [0.2, 0.25) is 0 Å². The Kier molecular flexibility index (Phi) is 7.04. The largest absolute Gasteiger partial charge is 0.496 e. The average Bonchev–Trinajstić information content (AvgIpc) is 2.73. The first-order chi connectivity index (χ1) is 13.2. The van der Waals surface area contributed by atoms with Crippen molar-refractivity contribution >= 4 is 5.82 Å². The molecule has 1 fully saturated rings. The van der Waals surface area contributed by atoms with Gasteiger partial charge in [0.15, 0.2) is 0 Å². The van der Waals surface area contributed by atoms with Crippen molar-refractivity contribution in [2.75, 3.05) is 59.0 Å². The van der Waals surface area contributed by atoms with E-state index in [1.54, 1.807) is 14.2 Å². The molecule has 1 aromatic carbocycles. The second-order valence-corrected chi connectivity index (χ2v) is 6.87. The zero-order chi connectivity index (χ0) is 19.1. The lowest BCUT2D eigenvalue weighted by atomic mass is 10.0. The van der Waals surface area contributed by atoms with Crippen LogP contribution in [0.15, 0.2) is 42.6 Å². The summed E-state index contributed by atoms with van der Waals surface area (Å²) in [6.07, 6.45) is 1.99. The van der Waals surface area contributed by atoms with E-state index in [0.29, 0.717) is 12.6 Å². The normalized spacial score (nSPS) is 17.7. The Labute approximate surface area is 162 Å². The fraction of sp³-hybridized carbons (Fsp3) is 0.476. The number of methoxy groups -OCH3 is 2. The number of aromatic nitrogens is 1. The summed E-state index contributed by atoms with van der Waals surface area (Å²) in [5.41, 5.74) is 2.46. The van der Waals surface area contributed by atoms with E-state index in [2.05, 4.69) is 44.4 Å². The lowest BCUT2D eigenvalue weighted by Gasteiger charge is -2.37. The molecular formula is C21H30N4O2. The van der Waals surface area contributed by atoms with E-state index in [1.807, 2.05) is 25.4 Å². The molecule has 1 N–H and O–H groups in total. The molecule has 0 amide bonds. The SMILES string of the molecule is COCCN(C)c1ccc(CN2CCNCC2c2ccccc2OC)cn1. The molecule has 0 spiro atoms. The Hall–Kier alpha value is -2.15. The fourth-order valence-electron chi connectivity index (χ4n) is 3.50. The number of likely N-dealkylation sites (N-methyl/N-ethyl adjacent to an activating group) is 1. The van der Waals surface area contributed by atoms with Crippen LogP contribution >= 0.6 is 0 Å². The van der Waals surface area contributed by atoms with Gasteiger partial charge in [-0.25, -0.2) is 4.98 Å². The van der Waals surface area contributed by atoms with Gasteiger partial charge in [-0.1, -0.05) is 24.3 Å². The number of hydrogen-bond donors (Lipinski definition) is 1. The molecule has 6 heteroatoms. The molecule has 0 aliphatic carbocycles. The van der Waals surface area contributed by atoms with Gasteiger partial charge >= 0.3 is 0 Å². The van der Waals surface area contributed by atoms with Crippen LogP contribution in [0.4, 0.5) is 5.82 Å². The van der Waals surface area contributed by atoms with Crippen molar-refractivity contribution in [2.45, 2.75) is 12.6 Å². The Morgan fingerprint density at radius 1 is 1.22 bits per heavy atom. The van der Waals surface area contributed by atoms with Gasteiger partial charge in [-0.05, 0) is 17.7 Å². The lowest BCUT2D eigenvalue weighted by molar-refractivity contribution is 0.151. The van der Waals surface area contributed by atoms with Crippen molar-refractivity contribution in [1.29, 1.82) is 0 Å². The molecule has 1 aromatic heterocycles. The van der Waals surface area contributed by atoms with Crippen molar-refractivity contribution in [2.24, 2.45) is 0 Å². The minimum Gasteiger partial charge on any atom is -0.496 e. The van der Waals surface area contributed by atoms with Gasteiger partial charge in [0.2, 0.25) is 0 Å². The van der Waals surface area contributed by atoms with Crippen molar-refractivity contribution in [3.05, 3.63) is 53.7 Å². The topological polar surface area (TPSA) is 49.9 Å². The van der Waals surface area contributed by atoms with E-state index >= 15 is 0 Å². The number of hydrogen-bond acceptors (Lipinski definition) is 6. The lowest BCUT2D eigenvalue weighted by Crippen LogP contribution is -2.45. The molecule has 0 radical (unpaired) electrons. The van der Waals surface area contributed by atoms with Crippen LogP contribution in [-0.4, -0.2) is 63.9 Å². The Bertz CT molecular complexity index is 708. The monoisotopic (exact) mass is 370 g/mol. The third-order valence-corrected chi connectivity index (χ3v) is 5.07. The Morgan fingerprint density at radius 3 is 2.81 bits per heavy atom. The van der Waals surface area contributed by atoms with Gasteiger partial charge in [-0.2, -0.15) is 0 Å². The average molecular weight is 370 g/mol. The predicted octanol–water partition coefficient (Wildman–Crippen LogP) is 2.32. The first kappa shape index (κ1) is 19.6. The van der Waals surface area contributed by atoms with Gasteiger partial charge in [0, 0.05) is 58.6 Å². The maximum Gasteiger partial charge on any atom is 0.128 e. The molecule has 3 rings (SSSR count). The van der Waals surface area contributed by atoms with E-state index < -0.39 is 0 Å². The van der Waals surface area contributed by atoms with Crippen molar-refractivity contribution < 1.29 is 9.47 Å². The highest BCUT2D eigenvalue weighted by Crippen LogP contribution is 2.31. The van der Waals surface area contributed by atoms with E-state index in [1.165, 1.54) is 11.1 Å². The summed E-state index contributed by atoms with van der Waals surface area (Å²) in [5.74, 6) is 1.92. The first-order valence-electron chi connectivity index (χ1n) is 9.45. The molecule has 6 nitrogen and oxygen atoms in total. The molecule has 0 bridgehead atoms. The van der Waals surface area contributed by atoms with Crippen LogP contribution in [0.5, 0.6) is 5.75 Å². The third-order valence-electron chi connectivity index (χ3n) is 5.07. The van der Waals surface area contributed by atoms with E-state index in [-0.39, 0.29) is 0 Å². The molecule has 146 valence electrons. The molecule has 2 aromatic rings. The van der Waals surface area contributed by atoms with Crippen LogP contribution in [-0.2, 0) is 11.3 Å². The molecule has 1 saturated heterocycles. The number of nitrogens with zero attached hydrogens (tertiary/aromatic N) is 3. The molecule has 0 saturated carbocycles. The van der Waals surface area contributed by atoms with Gasteiger partial charge in [0.1, 0.15) is 11.6 Å². The van der Waals surface area contributed by atoms with Crippen LogP contribution in [0.25, 0.3) is 0 Å². The summed E-state index contributed by atoms with van der Waals surface area (Å²) in [4.78, 5) is 9.24. The van der Waals surface area contributed by atoms with Crippen molar-refractivity contribution in [3.8, 4) is 5.75 Å². The minimum absolute atomic E-state index is 0.291.